The average molecular weight is 472 g/mol. The molecule has 9 heteroatoms. The quantitative estimate of drug-likeness (QED) is 0.608. The van der Waals surface area contributed by atoms with E-state index < -0.39 is 23.5 Å². The first-order chi connectivity index (χ1) is 16.1. The van der Waals surface area contributed by atoms with E-state index in [2.05, 4.69) is 9.72 Å². The smallest absolute Gasteiger partial charge is 0.410 e. The van der Waals surface area contributed by atoms with Gasteiger partial charge in [0.25, 0.3) is 0 Å². The molecule has 2 aromatic rings. The van der Waals surface area contributed by atoms with Crippen molar-refractivity contribution < 1.29 is 28.2 Å². The van der Waals surface area contributed by atoms with Gasteiger partial charge in [0.05, 0.1) is 24.9 Å². The number of methoxy groups -OCH3 is 1. The lowest BCUT2D eigenvalue weighted by atomic mass is 9.95. The fourth-order valence-corrected chi connectivity index (χ4v) is 3.71. The fourth-order valence-electron chi connectivity index (χ4n) is 3.71. The summed E-state index contributed by atoms with van der Waals surface area (Å²) in [4.78, 5) is 44.9. The highest BCUT2D eigenvalue weighted by molar-refractivity contribution is 5.95. The molecule has 0 saturated carbocycles. The zero-order chi connectivity index (χ0) is 24.9. The van der Waals surface area contributed by atoms with Crippen LogP contribution in [0.1, 0.15) is 49.7 Å². The van der Waals surface area contributed by atoms with Gasteiger partial charge >= 0.3 is 12.1 Å². The molecule has 0 aliphatic carbocycles. The summed E-state index contributed by atoms with van der Waals surface area (Å²) in [6.07, 6.45) is 1.93. The van der Waals surface area contributed by atoms with Gasteiger partial charge in [-0.25, -0.2) is 14.0 Å². The molecule has 1 aliphatic rings. The van der Waals surface area contributed by atoms with Crippen molar-refractivity contribution in [3.05, 3.63) is 59.7 Å². The monoisotopic (exact) mass is 471 g/mol. The molecule has 34 heavy (non-hydrogen) atoms. The molecule has 2 amide bonds. The maximum absolute atomic E-state index is 14.0. The van der Waals surface area contributed by atoms with Gasteiger partial charge in [0, 0.05) is 30.9 Å². The van der Waals surface area contributed by atoms with E-state index in [0.29, 0.717) is 42.9 Å². The average Bonchev–Trinajstić information content (AvgIpc) is 2.81. The van der Waals surface area contributed by atoms with E-state index in [-0.39, 0.29) is 18.4 Å². The maximum atomic E-state index is 14.0. The van der Waals surface area contributed by atoms with Gasteiger partial charge in [-0.05, 0) is 63.9 Å². The second-order valence-corrected chi connectivity index (χ2v) is 9.18. The van der Waals surface area contributed by atoms with Crippen LogP contribution in [0.25, 0.3) is 0 Å². The SMILES string of the molecule is COC(=O)c1ccc(CN(C(=O)C2CCN(C(=O)OC(C)(C)C)CC2)c2cccc(F)c2)nc1. The minimum atomic E-state index is -0.589. The number of likely N-dealkylation sites (tertiary alicyclic amines) is 1. The van der Waals surface area contributed by atoms with E-state index in [0.717, 1.165) is 0 Å². The van der Waals surface area contributed by atoms with Gasteiger partial charge in [-0.1, -0.05) is 6.07 Å². The van der Waals surface area contributed by atoms with Crippen molar-refractivity contribution in [3.8, 4) is 0 Å². The molecule has 0 bridgehead atoms. The first kappa shape index (κ1) is 25.1. The third-order valence-electron chi connectivity index (χ3n) is 5.45. The Balaban J connectivity index is 1.75. The first-order valence-corrected chi connectivity index (χ1v) is 11.2. The van der Waals surface area contributed by atoms with Crippen LogP contribution in [0.15, 0.2) is 42.6 Å². The number of halogens is 1. The molecule has 2 heterocycles. The summed E-state index contributed by atoms with van der Waals surface area (Å²) >= 11 is 0. The van der Waals surface area contributed by atoms with Crippen molar-refractivity contribution in [1.29, 1.82) is 0 Å². The van der Waals surface area contributed by atoms with Crippen LogP contribution < -0.4 is 4.90 Å². The zero-order valence-electron chi connectivity index (χ0n) is 19.9. The Morgan fingerprint density at radius 2 is 1.85 bits per heavy atom. The third kappa shape index (κ3) is 6.52. The molecule has 182 valence electrons. The highest BCUT2D eigenvalue weighted by Crippen LogP contribution is 2.26. The number of amides is 2. The Labute approximate surface area is 198 Å². The van der Waals surface area contributed by atoms with E-state index >= 15 is 0 Å². The van der Waals surface area contributed by atoms with Crippen LogP contribution in [0.2, 0.25) is 0 Å². The summed E-state index contributed by atoms with van der Waals surface area (Å²) in [5.41, 5.74) is 0.660. The Bertz CT molecular complexity index is 1030. The molecule has 0 unspecified atom stereocenters. The number of hydrogen-bond donors (Lipinski definition) is 0. The van der Waals surface area contributed by atoms with Crippen LogP contribution in [0.4, 0.5) is 14.9 Å². The third-order valence-corrected chi connectivity index (χ3v) is 5.45. The molecule has 0 atom stereocenters. The number of benzene rings is 1. The summed E-state index contributed by atoms with van der Waals surface area (Å²) < 4.78 is 24.1. The molecule has 8 nitrogen and oxygen atoms in total. The first-order valence-electron chi connectivity index (χ1n) is 11.2. The number of pyridine rings is 1. The fraction of sp³-hybridized carbons (Fsp3) is 0.440. The molecule has 0 N–H and O–H groups in total. The van der Waals surface area contributed by atoms with Crippen molar-refractivity contribution in [3.63, 3.8) is 0 Å². The molecule has 0 spiro atoms. The molecule has 1 aromatic heterocycles. The van der Waals surface area contributed by atoms with Gasteiger partial charge in [-0.3, -0.25) is 9.78 Å². The summed E-state index contributed by atoms with van der Waals surface area (Å²) in [5.74, 6) is -1.47. The molecular weight excluding hydrogens is 441 g/mol. The van der Waals surface area contributed by atoms with Gasteiger partial charge in [0.2, 0.25) is 5.91 Å². The van der Waals surface area contributed by atoms with E-state index in [1.807, 2.05) is 20.8 Å². The summed E-state index contributed by atoms with van der Waals surface area (Å²) in [5, 5.41) is 0. The number of rotatable bonds is 5. The molecular formula is C25H30FN3O5. The van der Waals surface area contributed by atoms with Crippen molar-refractivity contribution in [2.75, 3.05) is 25.1 Å². The number of carbonyl (C=O) groups excluding carboxylic acids is 3. The molecule has 1 fully saturated rings. The van der Waals surface area contributed by atoms with Crippen LogP contribution in [0.5, 0.6) is 0 Å². The van der Waals surface area contributed by atoms with E-state index in [1.165, 1.54) is 30.3 Å². The number of aromatic nitrogens is 1. The second-order valence-electron chi connectivity index (χ2n) is 9.18. The van der Waals surface area contributed by atoms with Gasteiger partial charge in [-0.2, -0.15) is 0 Å². The maximum Gasteiger partial charge on any atom is 0.410 e. The molecule has 1 aromatic carbocycles. The summed E-state index contributed by atoms with van der Waals surface area (Å²) in [6, 6.07) is 9.04. The van der Waals surface area contributed by atoms with Crippen LogP contribution >= 0.6 is 0 Å². The van der Waals surface area contributed by atoms with Crippen molar-refractivity contribution >= 4 is 23.7 Å². The van der Waals surface area contributed by atoms with E-state index in [9.17, 15) is 18.8 Å². The standard InChI is InChI=1S/C25H30FN3O5/c1-25(2,3)34-24(32)28-12-10-17(11-13-28)22(30)29(21-7-5-6-19(26)14-21)16-20-9-8-18(15-27-20)23(31)33-4/h5-9,14-15,17H,10-13,16H2,1-4H3. The normalized spacial score (nSPS) is 14.4. The van der Waals surface area contributed by atoms with Gasteiger partial charge in [0.1, 0.15) is 11.4 Å². The Morgan fingerprint density at radius 1 is 1.15 bits per heavy atom. The minimum absolute atomic E-state index is 0.107. The lowest BCUT2D eigenvalue weighted by Crippen LogP contribution is -2.45. The molecule has 0 radical (unpaired) electrons. The van der Waals surface area contributed by atoms with Crippen molar-refractivity contribution in [1.82, 2.24) is 9.88 Å². The topological polar surface area (TPSA) is 89.0 Å². The second kappa shape index (κ2) is 10.6. The van der Waals surface area contributed by atoms with Crippen LogP contribution in [0.3, 0.4) is 0 Å². The highest BCUT2D eigenvalue weighted by Gasteiger charge is 2.33. The van der Waals surface area contributed by atoms with Gasteiger partial charge in [-0.15, -0.1) is 0 Å². The predicted octanol–water partition coefficient (Wildman–Crippen LogP) is 4.19. The molecule has 3 rings (SSSR count). The number of nitrogens with zero attached hydrogens (tertiary/aromatic N) is 3. The van der Waals surface area contributed by atoms with Crippen molar-refractivity contribution in [2.24, 2.45) is 5.92 Å². The number of carbonyl (C=O) groups is 3. The van der Waals surface area contributed by atoms with Crippen LogP contribution in [-0.4, -0.2) is 53.7 Å². The summed E-state index contributed by atoms with van der Waals surface area (Å²) in [7, 11) is 1.29. The van der Waals surface area contributed by atoms with E-state index in [4.69, 9.17) is 4.74 Å². The Kier molecular flexibility index (Phi) is 7.86. The predicted molar refractivity (Wildman–Crippen MR) is 124 cm³/mol. The Hall–Kier alpha value is -3.49. The van der Waals surface area contributed by atoms with Gasteiger partial charge < -0.3 is 19.3 Å². The zero-order valence-corrected chi connectivity index (χ0v) is 19.9. The van der Waals surface area contributed by atoms with Crippen LogP contribution in [-0.2, 0) is 20.8 Å². The number of esters is 1. The lowest BCUT2D eigenvalue weighted by molar-refractivity contribution is -0.124. The minimum Gasteiger partial charge on any atom is -0.465 e. The lowest BCUT2D eigenvalue weighted by Gasteiger charge is -2.35. The van der Waals surface area contributed by atoms with Crippen LogP contribution in [0, 0.1) is 11.7 Å². The largest absolute Gasteiger partial charge is 0.465 e. The number of hydrogen-bond acceptors (Lipinski definition) is 6. The number of anilines is 1. The number of ether oxygens (including phenoxy) is 2. The number of piperidine rings is 1. The van der Waals surface area contributed by atoms with E-state index in [1.54, 1.807) is 29.2 Å². The Morgan fingerprint density at radius 3 is 2.41 bits per heavy atom. The van der Waals surface area contributed by atoms with Gasteiger partial charge in [0.15, 0.2) is 0 Å². The van der Waals surface area contributed by atoms with Crippen molar-refractivity contribution in [2.45, 2.75) is 45.8 Å². The molecule has 1 saturated heterocycles. The molecule has 1 aliphatic heterocycles. The highest BCUT2D eigenvalue weighted by atomic mass is 19.1. The summed E-state index contributed by atoms with van der Waals surface area (Å²) in [6.45, 7) is 6.33.